The van der Waals surface area contributed by atoms with Crippen LogP contribution in [0.4, 0.5) is 19.0 Å². The van der Waals surface area contributed by atoms with Crippen LogP contribution in [-0.4, -0.2) is 27.6 Å². The van der Waals surface area contributed by atoms with Crippen molar-refractivity contribution in [3.8, 4) is 0 Å². The van der Waals surface area contributed by atoms with E-state index in [1.165, 1.54) is 6.20 Å². The van der Waals surface area contributed by atoms with Crippen molar-refractivity contribution in [1.29, 1.82) is 0 Å². The molecule has 2 N–H and O–H groups in total. The van der Waals surface area contributed by atoms with Gasteiger partial charge in [-0.1, -0.05) is 0 Å². The standard InChI is InChI=1S/C7H5F3N4O/c8-7(9,10)6(15)4-5(13-3-14-6)12-2-1-11-4/h1-3,15H,(H,12,13,14). The van der Waals surface area contributed by atoms with E-state index in [9.17, 15) is 18.3 Å². The van der Waals surface area contributed by atoms with Crippen molar-refractivity contribution in [3.05, 3.63) is 18.1 Å². The van der Waals surface area contributed by atoms with Crippen LogP contribution in [0.1, 0.15) is 5.69 Å². The molecule has 2 rings (SSSR count). The third-order valence-corrected chi connectivity index (χ3v) is 1.88. The molecule has 1 atom stereocenters. The molecule has 5 nitrogen and oxygen atoms in total. The molecule has 0 aliphatic carbocycles. The number of halogens is 3. The first-order chi connectivity index (χ1) is 6.95. The predicted molar refractivity (Wildman–Crippen MR) is 44.1 cm³/mol. The topological polar surface area (TPSA) is 70.4 Å². The Kier molecular flexibility index (Phi) is 1.90. The number of aliphatic hydroxyl groups is 1. The maximum absolute atomic E-state index is 12.5. The molecule has 0 saturated carbocycles. The maximum atomic E-state index is 12.5. The Morgan fingerprint density at radius 3 is 2.60 bits per heavy atom. The van der Waals surface area contributed by atoms with E-state index in [2.05, 4.69) is 20.3 Å². The van der Waals surface area contributed by atoms with Gasteiger partial charge in [-0.2, -0.15) is 13.2 Å². The molecule has 0 fully saturated rings. The number of hydrogen-bond donors (Lipinski definition) is 2. The van der Waals surface area contributed by atoms with Crippen molar-refractivity contribution in [2.24, 2.45) is 4.99 Å². The Bertz CT molecular complexity index is 419. The third-order valence-electron chi connectivity index (χ3n) is 1.88. The van der Waals surface area contributed by atoms with E-state index in [0.29, 0.717) is 0 Å². The predicted octanol–water partition coefficient (Wildman–Crippen LogP) is 0.638. The van der Waals surface area contributed by atoms with Gasteiger partial charge < -0.3 is 10.4 Å². The molecule has 0 saturated heterocycles. The summed E-state index contributed by atoms with van der Waals surface area (Å²) >= 11 is 0. The molecule has 1 aliphatic rings. The van der Waals surface area contributed by atoms with Gasteiger partial charge in [0.2, 0.25) is 0 Å². The number of nitrogens with one attached hydrogen (secondary N) is 1. The molecule has 0 radical (unpaired) electrons. The van der Waals surface area contributed by atoms with Gasteiger partial charge in [0.25, 0.3) is 0 Å². The van der Waals surface area contributed by atoms with Crippen molar-refractivity contribution in [1.82, 2.24) is 9.97 Å². The molecule has 15 heavy (non-hydrogen) atoms. The Labute approximate surface area is 81.7 Å². The zero-order valence-corrected chi connectivity index (χ0v) is 7.15. The van der Waals surface area contributed by atoms with Crippen LogP contribution in [-0.2, 0) is 5.72 Å². The van der Waals surface area contributed by atoms with Gasteiger partial charge in [0.15, 0.2) is 5.82 Å². The summed E-state index contributed by atoms with van der Waals surface area (Å²) in [5, 5.41) is 11.8. The summed E-state index contributed by atoms with van der Waals surface area (Å²) in [5.41, 5.74) is -3.97. The highest BCUT2D eigenvalue weighted by molar-refractivity contribution is 5.78. The molecular formula is C7H5F3N4O. The fraction of sp³-hybridized carbons (Fsp3) is 0.286. The summed E-state index contributed by atoms with van der Waals surface area (Å²) in [6, 6.07) is 0. The molecule has 0 spiro atoms. The molecule has 80 valence electrons. The Hall–Kier alpha value is -1.70. The Morgan fingerprint density at radius 2 is 1.93 bits per heavy atom. The Morgan fingerprint density at radius 1 is 1.27 bits per heavy atom. The SMILES string of the molecule is OC1(C(F)(F)F)N=CNc2nccnc21. The number of hydrogen-bond acceptors (Lipinski definition) is 5. The van der Waals surface area contributed by atoms with Crippen molar-refractivity contribution in [2.75, 3.05) is 5.32 Å². The van der Waals surface area contributed by atoms with E-state index in [1.54, 1.807) is 0 Å². The van der Waals surface area contributed by atoms with Crippen LogP contribution in [0.25, 0.3) is 0 Å². The van der Waals surface area contributed by atoms with E-state index in [0.717, 1.165) is 12.5 Å². The summed E-state index contributed by atoms with van der Waals surface area (Å²) in [7, 11) is 0. The summed E-state index contributed by atoms with van der Waals surface area (Å²) in [6.45, 7) is 0. The molecular weight excluding hydrogens is 213 g/mol. The highest BCUT2D eigenvalue weighted by atomic mass is 19.4. The highest BCUT2D eigenvalue weighted by Gasteiger charge is 2.58. The zero-order valence-electron chi connectivity index (χ0n) is 7.15. The van der Waals surface area contributed by atoms with Crippen LogP contribution in [0.5, 0.6) is 0 Å². The minimum atomic E-state index is -4.93. The minimum absolute atomic E-state index is 0.160. The number of fused-ring (bicyclic) bond motifs is 1. The molecule has 8 heteroatoms. The van der Waals surface area contributed by atoms with Crippen LogP contribution in [0.15, 0.2) is 17.4 Å². The highest BCUT2D eigenvalue weighted by Crippen LogP contribution is 2.42. The van der Waals surface area contributed by atoms with Gasteiger partial charge in [0, 0.05) is 12.4 Å². The minimum Gasteiger partial charge on any atom is -0.357 e. The fourth-order valence-corrected chi connectivity index (χ4v) is 1.15. The number of rotatable bonds is 0. The zero-order chi connectivity index (χ0) is 11.1. The van der Waals surface area contributed by atoms with E-state index >= 15 is 0 Å². The molecule has 0 amide bonds. The normalized spacial score (nSPS) is 24.5. The van der Waals surface area contributed by atoms with Gasteiger partial charge in [-0.05, 0) is 0 Å². The number of alkyl halides is 3. The number of anilines is 1. The summed E-state index contributed by atoms with van der Waals surface area (Å²) in [6.07, 6.45) is -1.93. The van der Waals surface area contributed by atoms with E-state index in [4.69, 9.17) is 0 Å². The summed E-state index contributed by atoms with van der Waals surface area (Å²) in [5.74, 6) is -0.160. The van der Waals surface area contributed by atoms with E-state index in [1.807, 2.05) is 0 Å². The summed E-state index contributed by atoms with van der Waals surface area (Å²) < 4.78 is 37.6. The van der Waals surface area contributed by atoms with Crippen LogP contribution >= 0.6 is 0 Å². The lowest BCUT2D eigenvalue weighted by Crippen LogP contribution is -2.44. The fourth-order valence-electron chi connectivity index (χ4n) is 1.15. The number of nitrogens with zero attached hydrogens (tertiary/aromatic N) is 3. The average Bonchev–Trinajstić information content (AvgIpc) is 2.17. The molecule has 2 heterocycles. The van der Waals surface area contributed by atoms with Gasteiger partial charge >= 0.3 is 11.9 Å². The Balaban J connectivity index is 2.60. The lowest BCUT2D eigenvalue weighted by Gasteiger charge is -2.28. The smallest absolute Gasteiger partial charge is 0.357 e. The summed E-state index contributed by atoms with van der Waals surface area (Å²) in [4.78, 5) is 10.00. The first-order valence-electron chi connectivity index (χ1n) is 3.86. The lowest BCUT2D eigenvalue weighted by atomic mass is 10.1. The average molecular weight is 218 g/mol. The molecule has 1 unspecified atom stereocenters. The molecule has 0 bridgehead atoms. The van der Waals surface area contributed by atoms with Crippen LogP contribution in [0.2, 0.25) is 0 Å². The van der Waals surface area contributed by atoms with E-state index < -0.39 is 17.6 Å². The largest absolute Gasteiger partial charge is 0.445 e. The quantitative estimate of drug-likeness (QED) is 0.670. The van der Waals surface area contributed by atoms with Crippen LogP contribution in [0.3, 0.4) is 0 Å². The number of aliphatic imine (C=N–C) groups is 1. The molecule has 0 aromatic carbocycles. The molecule has 1 aromatic heterocycles. The number of aromatic nitrogens is 2. The maximum Gasteiger partial charge on any atom is 0.445 e. The van der Waals surface area contributed by atoms with Gasteiger partial charge in [-0.3, -0.25) is 4.98 Å². The third kappa shape index (κ3) is 1.33. The van der Waals surface area contributed by atoms with Gasteiger partial charge in [0.1, 0.15) is 5.69 Å². The van der Waals surface area contributed by atoms with Gasteiger partial charge in [-0.15, -0.1) is 0 Å². The lowest BCUT2D eigenvalue weighted by molar-refractivity contribution is -0.264. The molecule has 1 aromatic rings. The van der Waals surface area contributed by atoms with Crippen LogP contribution in [0, 0.1) is 0 Å². The van der Waals surface area contributed by atoms with Crippen molar-refractivity contribution >= 4 is 12.2 Å². The second-order valence-electron chi connectivity index (χ2n) is 2.83. The second kappa shape index (κ2) is 2.89. The monoisotopic (exact) mass is 218 g/mol. The van der Waals surface area contributed by atoms with Crippen molar-refractivity contribution < 1.29 is 18.3 Å². The van der Waals surface area contributed by atoms with Gasteiger partial charge in [-0.25, -0.2) is 9.98 Å². The second-order valence-corrected chi connectivity index (χ2v) is 2.83. The van der Waals surface area contributed by atoms with E-state index in [-0.39, 0.29) is 5.82 Å². The van der Waals surface area contributed by atoms with Gasteiger partial charge in [0.05, 0.1) is 6.34 Å². The first-order valence-corrected chi connectivity index (χ1v) is 3.86. The van der Waals surface area contributed by atoms with Crippen molar-refractivity contribution in [2.45, 2.75) is 11.9 Å². The molecule has 1 aliphatic heterocycles. The van der Waals surface area contributed by atoms with Crippen molar-refractivity contribution in [3.63, 3.8) is 0 Å². The van der Waals surface area contributed by atoms with Crippen LogP contribution < -0.4 is 5.32 Å². The first kappa shape index (κ1) is 9.84.